The highest BCUT2D eigenvalue weighted by Gasteiger charge is 2.23. The number of halogens is 1. The van der Waals surface area contributed by atoms with Gasteiger partial charge in [-0.1, -0.05) is 102 Å². The minimum atomic E-state index is -0.444. The first-order valence-corrected chi connectivity index (χ1v) is 13.3. The van der Waals surface area contributed by atoms with E-state index in [4.69, 9.17) is 0 Å². The second-order valence-corrected chi connectivity index (χ2v) is 9.90. The molecule has 0 fully saturated rings. The fourth-order valence-corrected chi connectivity index (χ4v) is 5.17. The molecule has 7 heteroatoms. The van der Waals surface area contributed by atoms with Crippen LogP contribution in [0.5, 0.6) is 0 Å². The van der Waals surface area contributed by atoms with E-state index in [-0.39, 0.29) is 18.3 Å². The number of thioether (sulfide) groups is 1. The lowest BCUT2D eigenvalue weighted by Gasteiger charge is -2.18. The number of nitrogens with zero attached hydrogens (tertiary/aromatic N) is 3. The first-order chi connectivity index (χ1) is 18.6. The largest absolute Gasteiger partial charge is 0.348 e. The first-order valence-electron chi connectivity index (χ1n) is 12.3. The van der Waals surface area contributed by atoms with Crippen molar-refractivity contribution < 1.29 is 9.18 Å². The summed E-state index contributed by atoms with van der Waals surface area (Å²) in [7, 11) is 0. The van der Waals surface area contributed by atoms with Crippen molar-refractivity contribution in [2.24, 2.45) is 0 Å². The Bertz CT molecular complexity index is 1450. The van der Waals surface area contributed by atoms with Crippen molar-refractivity contribution in [3.8, 4) is 5.69 Å². The predicted octanol–water partition coefficient (Wildman–Crippen LogP) is 6.46. The highest BCUT2D eigenvalue weighted by molar-refractivity contribution is 7.98. The molecule has 0 atom stereocenters. The third kappa shape index (κ3) is 6.01. The highest BCUT2D eigenvalue weighted by Crippen LogP contribution is 2.27. The summed E-state index contributed by atoms with van der Waals surface area (Å²) in [6, 6.07) is 34.1. The number of aromatic nitrogens is 3. The van der Waals surface area contributed by atoms with Gasteiger partial charge in [0.05, 0.1) is 12.5 Å². The van der Waals surface area contributed by atoms with Crippen molar-refractivity contribution >= 4 is 17.7 Å². The lowest BCUT2D eigenvalue weighted by atomic mass is 9.90. The molecule has 5 rings (SSSR count). The number of carbonyl (C=O) groups excluding carboxylic acids is 1. The fraction of sp³-hybridized carbons (Fsp3) is 0.129. The zero-order valence-corrected chi connectivity index (χ0v) is 21.7. The first kappa shape index (κ1) is 25.4. The van der Waals surface area contributed by atoms with E-state index in [1.807, 2.05) is 96.4 Å². The van der Waals surface area contributed by atoms with E-state index in [2.05, 4.69) is 15.5 Å². The van der Waals surface area contributed by atoms with Crippen LogP contribution in [0.3, 0.4) is 0 Å². The summed E-state index contributed by atoms with van der Waals surface area (Å²) in [6.07, 6.45) is 0. The zero-order chi connectivity index (χ0) is 26.3. The summed E-state index contributed by atoms with van der Waals surface area (Å²) in [5.41, 5.74) is 4.89. The monoisotopic (exact) mass is 522 g/mol. The van der Waals surface area contributed by atoms with Crippen LogP contribution < -0.4 is 5.32 Å². The Morgan fingerprint density at radius 1 is 0.842 bits per heavy atom. The van der Waals surface area contributed by atoms with Crippen molar-refractivity contribution in [3.05, 3.63) is 143 Å². The smallest absolute Gasteiger partial charge is 0.232 e. The molecule has 0 aliphatic carbocycles. The van der Waals surface area contributed by atoms with Gasteiger partial charge >= 0.3 is 0 Å². The molecule has 190 valence electrons. The van der Waals surface area contributed by atoms with Gasteiger partial charge in [-0.05, 0) is 47.9 Å². The highest BCUT2D eigenvalue weighted by atomic mass is 32.2. The van der Waals surface area contributed by atoms with Crippen LogP contribution in [-0.4, -0.2) is 20.7 Å². The van der Waals surface area contributed by atoms with Crippen LogP contribution in [0.1, 0.15) is 34.0 Å². The minimum absolute atomic E-state index is 0.110. The van der Waals surface area contributed by atoms with Crippen molar-refractivity contribution in [1.82, 2.24) is 20.1 Å². The van der Waals surface area contributed by atoms with Gasteiger partial charge in [-0.15, -0.1) is 10.2 Å². The van der Waals surface area contributed by atoms with Gasteiger partial charge < -0.3 is 5.32 Å². The molecule has 0 bridgehead atoms. The molecule has 1 aromatic heterocycles. The maximum absolute atomic E-state index is 13.6. The quantitative estimate of drug-likeness (QED) is 0.226. The number of amides is 1. The number of aryl methyl sites for hydroxylation is 1. The molecule has 1 N–H and O–H groups in total. The molecule has 1 amide bonds. The normalized spacial score (nSPS) is 11.0. The molecule has 38 heavy (non-hydrogen) atoms. The van der Waals surface area contributed by atoms with Crippen LogP contribution in [0.15, 0.2) is 114 Å². The Labute approximate surface area is 225 Å². The Kier molecular flexibility index (Phi) is 7.95. The zero-order valence-electron chi connectivity index (χ0n) is 20.9. The van der Waals surface area contributed by atoms with Gasteiger partial charge in [-0.2, -0.15) is 0 Å². The van der Waals surface area contributed by atoms with Crippen LogP contribution in [0.4, 0.5) is 4.39 Å². The van der Waals surface area contributed by atoms with Gasteiger partial charge in [0.25, 0.3) is 0 Å². The van der Waals surface area contributed by atoms with Gasteiger partial charge in [-0.3, -0.25) is 9.36 Å². The van der Waals surface area contributed by atoms with Gasteiger partial charge in [0.15, 0.2) is 11.0 Å². The van der Waals surface area contributed by atoms with E-state index >= 15 is 0 Å². The third-order valence-electron chi connectivity index (χ3n) is 6.22. The van der Waals surface area contributed by atoms with E-state index in [9.17, 15) is 9.18 Å². The summed E-state index contributed by atoms with van der Waals surface area (Å²) in [5.74, 6) is 0.426. The van der Waals surface area contributed by atoms with Gasteiger partial charge in [-0.25, -0.2) is 4.39 Å². The van der Waals surface area contributed by atoms with Gasteiger partial charge in [0, 0.05) is 11.4 Å². The van der Waals surface area contributed by atoms with Crippen molar-refractivity contribution in [2.45, 2.75) is 30.3 Å². The van der Waals surface area contributed by atoms with Crippen molar-refractivity contribution in [3.63, 3.8) is 0 Å². The van der Waals surface area contributed by atoms with Crippen LogP contribution in [0, 0.1) is 12.7 Å². The van der Waals surface area contributed by atoms with Crippen molar-refractivity contribution in [2.75, 3.05) is 0 Å². The Morgan fingerprint density at radius 3 is 2.05 bits per heavy atom. The van der Waals surface area contributed by atoms with Crippen LogP contribution in [-0.2, 0) is 17.1 Å². The average molecular weight is 523 g/mol. The molecule has 0 spiro atoms. The SMILES string of the molecule is Cc1ccc(-n2c(CNC(=O)C(c3ccccc3)c3ccccc3)nnc2SCc2ccc(F)cc2)cc1. The molecule has 0 radical (unpaired) electrons. The summed E-state index contributed by atoms with van der Waals surface area (Å²) in [4.78, 5) is 13.6. The Morgan fingerprint density at radius 2 is 1.45 bits per heavy atom. The van der Waals surface area contributed by atoms with Gasteiger partial charge in [0.1, 0.15) is 5.82 Å². The fourth-order valence-electron chi connectivity index (χ4n) is 4.24. The van der Waals surface area contributed by atoms with Crippen molar-refractivity contribution in [1.29, 1.82) is 0 Å². The number of benzene rings is 4. The topological polar surface area (TPSA) is 59.8 Å². The predicted molar refractivity (Wildman–Crippen MR) is 149 cm³/mol. The molecule has 4 aromatic carbocycles. The Balaban J connectivity index is 1.40. The maximum atomic E-state index is 13.6. The number of hydrogen-bond donors (Lipinski definition) is 1. The number of hydrogen-bond acceptors (Lipinski definition) is 4. The van der Waals surface area contributed by atoms with E-state index in [0.29, 0.717) is 16.7 Å². The molecule has 0 aliphatic rings. The average Bonchev–Trinajstić information content (AvgIpc) is 3.36. The lowest BCUT2D eigenvalue weighted by molar-refractivity contribution is -0.121. The second kappa shape index (κ2) is 11.9. The standard InChI is InChI=1S/C31H27FN4OS/c1-22-12-18-27(19-13-22)36-28(34-35-31(36)38-21-23-14-16-26(32)17-15-23)20-33-30(37)29(24-8-4-2-5-9-24)25-10-6-3-7-11-25/h2-19,29H,20-21H2,1H3,(H,33,37). The number of carbonyl (C=O) groups is 1. The number of nitrogens with one attached hydrogen (secondary N) is 1. The van der Waals surface area contributed by atoms with E-state index in [0.717, 1.165) is 27.9 Å². The minimum Gasteiger partial charge on any atom is -0.348 e. The second-order valence-electron chi connectivity index (χ2n) is 8.96. The molecule has 0 unspecified atom stereocenters. The molecule has 1 heterocycles. The maximum Gasteiger partial charge on any atom is 0.232 e. The molecular weight excluding hydrogens is 495 g/mol. The lowest BCUT2D eigenvalue weighted by Crippen LogP contribution is -2.30. The molecule has 0 aliphatic heterocycles. The van der Waals surface area contributed by atoms with E-state index in [1.165, 1.54) is 23.9 Å². The molecule has 0 saturated carbocycles. The molecular formula is C31H27FN4OS. The summed E-state index contributed by atoms with van der Waals surface area (Å²) in [6.45, 7) is 2.25. The van der Waals surface area contributed by atoms with Crippen LogP contribution in [0.25, 0.3) is 5.69 Å². The third-order valence-corrected chi connectivity index (χ3v) is 7.22. The summed E-state index contributed by atoms with van der Waals surface area (Å²) >= 11 is 1.51. The van der Waals surface area contributed by atoms with E-state index < -0.39 is 5.92 Å². The summed E-state index contributed by atoms with van der Waals surface area (Å²) < 4.78 is 15.3. The Hall–Kier alpha value is -4.23. The molecule has 5 nitrogen and oxygen atoms in total. The number of rotatable bonds is 9. The van der Waals surface area contributed by atoms with Crippen LogP contribution in [0.2, 0.25) is 0 Å². The molecule has 0 saturated heterocycles. The molecule has 5 aromatic rings. The van der Waals surface area contributed by atoms with Gasteiger partial charge in [0.2, 0.25) is 5.91 Å². The van der Waals surface area contributed by atoms with Crippen LogP contribution >= 0.6 is 11.8 Å². The summed E-state index contributed by atoms with van der Waals surface area (Å²) in [5, 5.41) is 12.7. The van der Waals surface area contributed by atoms with E-state index in [1.54, 1.807) is 12.1 Å².